The molecule has 0 atom stereocenters. The fraction of sp³-hybridized carbons (Fsp3) is 0.0192. The van der Waals surface area contributed by atoms with Crippen molar-refractivity contribution in [1.29, 1.82) is 0 Å². The van der Waals surface area contributed by atoms with Crippen LogP contribution in [0.25, 0.3) is 33.9 Å². The zero-order valence-electron chi connectivity index (χ0n) is 30.9. The van der Waals surface area contributed by atoms with Crippen LogP contribution >= 0.6 is 0 Å². The Hall–Kier alpha value is -7.63. The molecule has 5 nitrogen and oxygen atoms in total. The Labute approximate surface area is 331 Å². The second-order valence-electron chi connectivity index (χ2n) is 14.4. The summed E-state index contributed by atoms with van der Waals surface area (Å²) < 4.78 is 0. The van der Waals surface area contributed by atoms with Gasteiger partial charge in [0.25, 0.3) is 0 Å². The average molecular weight is 730 g/mol. The molecule has 5 heteroatoms. The predicted molar refractivity (Wildman–Crippen MR) is 231 cm³/mol. The van der Waals surface area contributed by atoms with Crippen LogP contribution in [0, 0.1) is 0 Å². The fourth-order valence-electron chi connectivity index (χ4n) is 8.96. The summed E-state index contributed by atoms with van der Waals surface area (Å²) in [5, 5.41) is 0. The topological polar surface area (TPSA) is 45.2 Å². The van der Waals surface area contributed by atoms with Crippen LogP contribution in [-0.4, -0.2) is 15.0 Å². The first-order valence-corrected chi connectivity index (χ1v) is 19.3. The van der Waals surface area contributed by atoms with Gasteiger partial charge in [0.05, 0.1) is 39.6 Å². The van der Waals surface area contributed by atoms with Gasteiger partial charge in [0.1, 0.15) is 0 Å². The van der Waals surface area contributed by atoms with Crippen molar-refractivity contribution in [2.24, 2.45) is 0 Å². The number of aromatic nitrogens is 3. The molecule has 57 heavy (non-hydrogen) atoms. The third-order valence-electron chi connectivity index (χ3n) is 11.3. The van der Waals surface area contributed by atoms with E-state index >= 15 is 0 Å². The lowest BCUT2D eigenvalue weighted by atomic mass is 9.60. The van der Waals surface area contributed by atoms with Gasteiger partial charge < -0.3 is 9.80 Å². The first kappa shape index (κ1) is 32.8. The standard InChI is InChI=1S/C52H35N5/c1-3-16-36(17-4-1)45-34-46(55-51(54-45)38-18-15-33-53-35-38)37-29-31-40(32-30-37)57-49-27-13-9-23-43(49)52(44-24-10-14-28-50(44)57)41-21-7-11-25-47(41)56(39-19-5-2-6-20-39)48-26-12-8-22-42(48)52/h1-35H. The molecular weight excluding hydrogens is 695 g/mol. The summed E-state index contributed by atoms with van der Waals surface area (Å²) in [5.41, 5.74) is 15.9. The third kappa shape index (κ3) is 5.13. The summed E-state index contributed by atoms with van der Waals surface area (Å²) in [7, 11) is 0. The molecule has 0 bridgehead atoms. The highest BCUT2D eigenvalue weighted by atomic mass is 15.2. The fourth-order valence-corrected chi connectivity index (χ4v) is 8.96. The SMILES string of the molecule is c1ccc(-c2cc(-c3ccc(N4c5ccccc5C5(c6ccccc6N(c6ccccc6)c6ccccc65)c5ccccc54)cc3)nc(-c3cccnc3)n2)cc1. The molecule has 2 aliphatic rings. The molecule has 0 saturated carbocycles. The molecule has 1 spiro atoms. The minimum atomic E-state index is -0.570. The Balaban J connectivity index is 1.08. The lowest BCUT2D eigenvalue weighted by Crippen LogP contribution is -2.41. The van der Waals surface area contributed by atoms with Gasteiger partial charge in [-0.05, 0) is 89.0 Å². The summed E-state index contributed by atoms with van der Waals surface area (Å²) in [6.45, 7) is 0. The maximum Gasteiger partial charge on any atom is 0.161 e. The third-order valence-corrected chi connectivity index (χ3v) is 11.3. The molecular formula is C52H35N5. The smallest absolute Gasteiger partial charge is 0.161 e. The lowest BCUT2D eigenvalue weighted by molar-refractivity contribution is 0.719. The van der Waals surface area contributed by atoms with E-state index in [0.29, 0.717) is 5.82 Å². The molecule has 9 aromatic rings. The van der Waals surface area contributed by atoms with Crippen molar-refractivity contribution >= 4 is 34.1 Å². The normalized spacial score (nSPS) is 13.3. The number of hydrogen-bond donors (Lipinski definition) is 0. The summed E-state index contributed by atoms with van der Waals surface area (Å²) in [6.07, 6.45) is 3.59. The summed E-state index contributed by atoms with van der Waals surface area (Å²) in [5.74, 6) is 0.645. The van der Waals surface area contributed by atoms with Gasteiger partial charge in [-0.1, -0.05) is 133 Å². The molecule has 11 rings (SSSR count). The van der Waals surface area contributed by atoms with Gasteiger partial charge in [-0.25, -0.2) is 9.97 Å². The average Bonchev–Trinajstić information content (AvgIpc) is 3.30. The van der Waals surface area contributed by atoms with Crippen LogP contribution in [0.15, 0.2) is 213 Å². The van der Waals surface area contributed by atoms with Crippen molar-refractivity contribution < 1.29 is 0 Å². The maximum absolute atomic E-state index is 5.07. The molecule has 0 unspecified atom stereocenters. The van der Waals surface area contributed by atoms with Gasteiger partial charge in [0, 0.05) is 40.5 Å². The zero-order chi connectivity index (χ0) is 37.8. The molecule has 0 aliphatic carbocycles. The number of fused-ring (bicyclic) bond motifs is 8. The van der Waals surface area contributed by atoms with E-state index < -0.39 is 5.41 Å². The monoisotopic (exact) mass is 729 g/mol. The summed E-state index contributed by atoms with van der Waals surface area (Å²) >= 11 is 0. The van der Waals surface area contributed by atoms with Crippen molar-refractivity contribution in [1.82, 2.24) is 15.0 Å². The predicted octanol–water partition coefficient (Wildman–Crippen LogP) is 12.8. The van der Waals surface area contributed by atoms with Crippen LogP contribution in [0.3, 0.4) is 0 Å². The second kappa shape index (κ2) is 13.3. The van der Waals surface area contributed by atoms with Crippen LogP contribution in [0.4, 0.5) is 34.1 Å². The maximum atomic E-state index is 5.07. The van der Waals surface area contributed by atoms with Gasteiger partial charge in [-0.15, -0.1) is 0 Å². The van der Waals surface area contributed by atoms with E-state index in [1.807, 2.05) is 36.5 Å². The van der Waals surface area contributed by atoms with E-state index in [2.05, 4.69) is 185 Å². The van der Waals surface area contributed by atoms with Crippen molar-refractivity contribution in [2.75, 3.05) is 9.80 Å². The van der Waals surface area contributed by atoms with Crippen molar-refractivity contribution in [3.63, 3.8) is 0 Å². The quantitative estimate of drug-likeness (QED) is 0.176. The number of benzene rings is 7. The molecule has 2 aromatic heterocycles. The molecule has 268 valence electrons. The minimum Gasteiger partial charge on any atom is -0.310 e. The molecule has 4 heterocycles. The number of anilines is 6. The van der Waals surface area contributed by atoms with Crippen LogP contribution in [0.5, 0.6) is 0 Å². The highest BCUT2D eigenvalue weighted by Crippen LogP contribution is 2.63. The number of pyridine rings is 1. The largest absolute Gasteiger partial charge is 0.310 e. The van der Waals surface area contributed by atoms with E-state index in [0.717, 1.165) is 50.8 Å². The van der Waals surface area contributed by atoms with Crippen molar-refractivity contribution in [3.8, 4) is 33.9 Å². The Bertz CT molecular complexity index is 2760. The summed E-state index contributed by atoms with van der Waals surface area (Å²) in [6, 6.07) is 71.5. The number of rotatable bonds is 5. The molecule has 0 saturated heterocycles. The van der Waals surface area contributed by atoms with Gasteiger partial charge >= 0.3 is 0 Å². The highest BCUT2D eigenvalue weighted by Gasteiger charge is 2.51. The number of hydrogen-bond acceptors (Lipinski definition) is 5. The van der Waals surface area contributed by atoms with Crippen molar-refractivity contribution in [3.05, 3.63) is 235 Å². The highest BCUT2D eigenvalue weighted by molar-refractivity contribution is 5.96. The molecule has 2 aliphatic heterocycles. The minimum absolute atomic E-state index is 0.570. The molecule has 0 N–H and O–H groups in total. The van der Waals surface area contributed by atoms with E-state index in [1.165, 1.54) is 33.6 Å². The van der Waals surface area contributed by atoms with Crippen LogP contribution in [0.2, 0.25) is 0 Å². The first-order chi connectivity index (χ1) is 28.3. The second-order valence-corrected chi connectivity index (χ2v) is 14.4. The van der Waals surface area contributed by atoms with Gasteiger partial charge in [0.2, 0.25) is 0 Å². The molecule has 0 fully saturated rings. The van der Waals surface area contributed by atoms with E-state index in [4.69, 9.17) is 9.97 Å². The Morgan fingerprint density at radius 2 is 0.754 bits per heavy atom. The summed E-state index contributed by atoms with van der Waals surface area (Å²) in [4.78, 5) is 19.2. The van der Waals surface area contributed by atoms with E-state index in [1.54, 1.807) is 6.20 Å². The van der Waals surface area contributed by atoms with Crippen LogP contribution in [-0.2, 0) is 5.41 Å². The van der Waals surface area contributed by atoms with E-state index in [9.17, 15) is 0 Å². The number of para-hydroxylation sites is 5. The van der Waals surface area contributed by atoms with Gasteiger partial charge in [0.15, 0.2) is 5.82 Å². The van der Waals surface area contributed by atoms with Crippen LogP contribution in [0.1, 0.15) is 22.3 Å². The Morgan fingerprint density at radius 3 is 1.23 bits per heavy atom. The lowest BCUT2D eigenvalue weighted by Gasteiger charge is -2.51. The first-order valence-electron chi connectivity index (χ1n) is 19.3. The molecule has 0 radical (unpaired) electrons. The van der Waals surface area contributed by atoms with Gasteiger partial charge in [-0.2, -0.15) is 0 Å². The molecule has 0 amide bonds. The van der Waals surface area contributed by atoms with Crippen molar-refractivity contribution in [2.45, 2.75) is 5.41 Å². The Kier molecular flexibility index (Phi) is 7.64. The Morgan fingerprint density at radius 1 is 0.351 bits per heavy atom. The zero-order valence-corrected chi connectivity index (χ0v) is 30.9. The number of nitrogens with zero attached hydrogens (tertiary/aromatic N) is 5. The van der Waals surface area contributed by atoms with E-state index in [-0.39, 0.29) is 0 Å². The van der Waals surface area contributed by atoms with Crippen LogP contribution < -0.4 is 9.80 Å². The van der Waals surface area contributed by atoms with Gasteiger partial charge in [-0.3, -0.25) is 4.98 Å². The molecule has 7 aromatic carbocycles.